The predicted molar refractivity (Wildman–Crippen MR) is 54.4 cm³/mol. The summed E-state index contributed by atoms with van der Waals surface area (Å²) in [5.74, 6) is -0.0639. The molecule has 0 aromatic carbocycles. The zero-order valence-electron chi connectivity index (χ0n) is 9.65. The van der Waals surface area contributed by atoms with E-state index in [1.54, 1.807) is 14.2 Å². The summed E-state index contributed by atoms with van der Waals surface area (Å²) in [6, 6.07) is -0.0544. The van der Waals surface area contributed by atoms with Crippen LogP contribution in [0.1, 0.15) is 20.3 Å². The first kappa shape index (κ1) is 12.4. The van der Waals surface area contributed by atoms with Gasteiger partial charge in [0.25, 0.3) is 0 Å². The first-order valence-electron chi connectivity index (χ1n) is 5.06. The molecule has 5 nitrogen and oxygen atoms in total. The summed E-state index contributed by atoms with van der Waals surface area (Å²) in [5.41, 5.74) is 0. The highest BCUT2D eigenvalue weighted by Gasteiger charge is 2.37. The Balaban J connectivity index is 2.65. The van der Waals surface area contributed by atoms with Crippen LogP contribution in [0.25, 0.3) is 0 Å². The number of ether oxygens (including phenoxy) is 3. The summed E-state index contributed by atoms with van der Waals surface area (Å²) in [5, 5.41) is 2.85. The summed E-state index contributed by atoms with van der Waals surface area (Å²) in [6.07, 6.45) is 0.118. The van der Waals surface area contributed by atoms with Gasteiger partial charge in [-0.2, -0.15) is 0 Å². The molecule has 0 unspecified atom stereocenters. The van der Waals surface area contributed by atoms with Gasteiger partial charge in [-0.15, -0.1) is 0 Å². The number of amides is 1. The monoisotopic (exact) mass is 217 g/mol. The van der Waals surface area contributed by atoms with Crippen molar-refractivity contribution in [3.63, 3.8) is 0 Å². The van der Waals surface area contributed by atoms with Gasteiger partial charge >= 0.3 is 0 Å². The highest BCUT2D eigenvalue weighted by Crippen LogP contribution is 2.22. The lowest BCUT2D eigenvalue weighted by Gasteiger charge is -2.39. The van der Waals surface area contributed by atoms with Crippen molar-refractivity contribution in [3.05, 3.63) is 0 Å². The Morgan fingerprint density at radius 3 is 2.53 bits per heavy atom. The van der Waals surface area contributed by atoms with Gasteiger partial charge in [-0.3, -0.25) is 4.79 Å². The number of nitrogens with one attached hydrogen (secondary N) is 1. The third kappa shape index (κ3) is 3.15. The molecule has 0 aliphatic carbocycles. The van der Waals surface area contributed by atoms with E-state index in [2.05, 4.69) is 5.32 Å². The molecule has 88 valence electrons. The smallest absolute Gasteiger partial charge is 0.217 e. The van der Waals surface area contributed by atoms with Gasteiger partial charge in [-0.05, 0) is 6.92 Å². The Morgan fingerprint density at radius 1 is 1.40 bits per heavy atom. The average Bonchev–Trinajstić information content (AvgIpc) is 2.16. The van der Waals surface area contributed by atoms with Crippen LogP contribution in [0.4, 0.5) is 0 Å². The zero-order chi connectivity index (χ0) is 11.4. The van der Waals surface area contributed by atoms with Gasteiger partial charge in [0, 0.05) is 27.6 Å². The van der Waals surface area contributed by atoms with Gasteiger partial charge in [0.2, 0.25) is 5.91 Å². The maximum atomic E-state index is 11.0. The molecule has 0 bridgehead atoms. The molecule has 1 rings (SSSR count). The minimum atomic E-state index is -0.275. The topological polar surface area (TPSA) is 56.8 Å². The molecule has 1 aliphatic rings. The molecule has 5 heteroatoms. The van der Waals surface area contributed by atoms with Crippen molar-refractivity contribution >= 4 is 5.91 Å². The van der Waals surface area contributed by atoms with Crippen molar-refractivity contribution in [2.45, 2.75) is 44.8 Å². The minimum absolute atomic E-state index is 0.0544. The lowest BCUT2D eigenvalue weighted by molar-refractivity contribution is -0.219. The lowest BCUT2D eigenvalue weighted by atomic mass is 9.99. The van der Waals surface area contributed by atoms with Crippen LogP contribution in [-0.2, 0) is 19.0 Å². The van der Waals surface area contributed by atoms with Gasteiger partial charge in [-0.25, -0.2) is 0 Å². The summed E-state index contributed by atoms with van der Waals surface area (Å²) in [7, 11) is 3.21. The maximum Gasteiger partial charge on any atom is 0.217 e. The van der Waals surface area contributed by atoms with Crippen molar-refractivity contribution in [3.8, 4) is 0 Å². The quantitative estimate of drug-likeness (QED) is 0.738. The van der Waals surface area contributed by atoms with Crippen molar-refractivity contribution in [2.75, 3.05) is 14.2 Å². The van der Waals surface area contributed by atoms with Crippen LogP contribution in [0.5, 0.6) is 0 Å². The first-order valence-corrected chi connectivity index (χ1v) is 5.06. The van der Waals surface area contributed by atoms with Crippen molar-refractivity contribution in [1.29, 1.82) is 0 Å². The van der Waals surface area contributed by atoms with E-state index in [4.69, 9.17) is 14.2 Å². The number of carbonyl (C=O) groups excluding carboxylic acids is 1. The summed E-state index contributed by atoms with van der Waals surface area (Å²) < 4.78 is 16.0. The van der Waals surface area contributed by atoms with Gasteiger partial charge < -0.3 is 19.5 Å². The molecule has 1 saturated heterocycles. The number of rotatable bonds is 3. The highest BCUT2D eigenvalue weighted by atomic mass is 16.7. The molecule has 15 heavy (non-hydrogen) atoms. The summed E-state index contributed by atoms with van der Waals surface area (Å²) >= 11 is 0. The van der Waals surface area contributed by atoms with Crippen LogP contribution < -0.4 is 5.32 Å². The summed E-state index contributed by atoms with van der Waals surface area (Å²) in [4.78, 5) is 11.0. The van der Waals surface area contributed by atoms with Gasteiger partial charge in [-0.1, -0.05) is 0 Å². The molecular formula is C10H19NO4. The number of hydrogen-bond acceptors (Lipinski definition) is 4. The summed E-state index contributed by atoms with van der Waals surface area (Å²) in [6.45, 7) is 3.41. The molecule has 1 N–H and O–H groups in total. The fourth-order valence-electron chi connectivity index (χ4n) is 1.95. The Kier molecular flexibility index (Phi) is 4.50. The molecule has 4 atom stereocenters. The van der Waals surface area contributed by atoms with Gasteiger partial charge in [0.15, 0.2) is 6.29 Å². The molecule has 1 fully saturated rings. The Hall–Kier alpha value is -0.650. The molecule has 0 spiro atoms. The van der Waals surface area contributed by atoms with Crippen LogP contribution in [0, 0.1) is 0 Å². The van der Waals surface area contributed by atoms with E-state index in [0.29, 0.717) is 6.42 Å². The van der Waals surface area contributed by atoms with Gasteiger partial charge in [0.1, 0.15) is 6.10 Å². The van der Waals surface area contributed by atoms with Crippen LogP contribution in [0.15, 0.2) is 0 Å². The lowest BCUT2D eigenvalue weighted by Crippen LogP contribution is -2.55. The Bertz CT molecular complexity index is 221. The van der Waals surface area contributed by atoms with E-state index in [1.807, 2.05) is 6.92 Å². The predicted octanol–water partition coefficient (Wildman–Crippen LogP) is 0.287. The molecule has 0 aromatic rings. The molecule has 1 aliphatic heterocycles. The third-order valence-corrected chi connectivity index (χ3v) is 2.60. The molecule has 1 heterocycles. The third-order valence-electron chi connectivity index (χ3n) is 2.60. The molecule has 1 amide bonds. The standard InChI is InChI=1S/C10H19NO4/c1-6-10(14-4)8(11-7(2)12)5-9(13-3)15-6/h6,8-10H,5H2,1-4H3,(H,11,12)/t6-,8-,9+,10-/m0/s1. The second kappa shape index (κ2) is 5.44. The van der Waals surface area contributed by atoms with Crippen LogP contribution in [0.2, 0.25) is 0 Å². The fraction of sp³-hybridized carbons (Fsp3) is 0.900. The van der Waals surface area contributed by atoms with E-state index >= 15 is 0 Å². The van der Waals surface area contributed by atoms with E-state index in [0.717, 1.165) is 0 Å². The van der Waals surface area contributed by atoms with Crippen molar-refractivity contribution < 1.29 is 19.0 Å². The van der Waals surface area contributed by atoms with E-state index < -0.39 is 0 Å². The largest absolute Gasteiger partial charge is 0.377 e. The average molecular weight is 217 g/mol. The van der Waals surface area contributed by atoms with E-state index in [1.165, 1.54) is 6.92 Å². The molecule has 0 saturated carbocycles. The normalized spacial score (nSPS) is 36.3. The first-order chi connectivity index (χ1) is 7.08. The second-order valence-corrected chi connectivity index (χ2v) is 3.75. The Morgan fingerprint density at radius 2 is 2.07 bits per heavy atom. The number of carbonyl (C=O) groups is 1. The molecule has 0 radical (unpaired) electrons. The second-order valence-electron chi connectivity index (χ2n) is 3.75. The zero-order valence-corrected chi connectivity index (χ0v) is 9.65. The van der Waals surface area contributed by atoms with Crippen molar-refractivity contribution in [2.24, 2.45) is 0 Å². The van der Waals surface area contributed by atoms with Crippen LogP contribution >= 0.6 is 0 Å². The SMILES string of the molecule is CO[C@H]1C[C@H](NC(C)=O)[C@@H](OC)[C@H](C)O1. The van der Waals surface area contributed by atoms with Crippen molar-refractivity contribution in [1.82, 2.24) is 5.32 Å². The van der Waals surface area contributed by atoms with Crippen LogP contribution in [-0.4, -0.2) is 44.7 Å². The molecule has 0 aromatic heterocycles. The highest BCUT2D eigenvalue weighted by molar-refractivity contribution is 5.73. The van der Waals surface area contributed by atoms with Crippen LogP contribution in [0.3, 0.4) is 0 Å². The number of methoxy groups -OCH3 is 2. The maximum absolute atomic E-state index is 11.0. The van der Waals surface area contributed by atoms with E-state index in [9.17, 15) is 4.79 Å². The Labute approximate surface area is 90.1 Å². The minimum Gasteiger partial charge on any atom is -0.377 e. The number of hydrogen-bond donors (Lipinski definition) is 1. The van der Waals surface area contributed by atoms with E-state index in [-0.39, 0.29) is 30.4 Å². The van der Waals surface area contributed by atoms with Gasteiger partial charge in [0.05, 0.1) is 12.1 Å². The molecular weight excluding hydrogens is 198 g/mol. The fourth-order valence-corrected chi connectivity index (χ4v) is 1.95.